The summed E-state index contributed by atoms with van der Waals surface area (Å²) in [6.07, 6.45) is 3.71. The maximum absolute atomic E-state index is 12.1. The third-order valence-electron chi connectivity index (χ3n) is 4.71. The summed E-state index contributed by atoms with van der Waals surface area (Å²) in [5, 5.41) is 6.98. The lowest BCUT2D eigenvalue weighted by molar-refractivity contribution is -0.115. The Balaban J connectivity index is 1.86. The Bertz CT molecular complexity index is 504. The molecule has 1 aliphatic carbocycles. The SMILES string of the molecule is Cc1ccc(Cl)cc1NC(=O)CNC1CCCC(C)C1C. The monoisotopic (exact) mass is 308 g/mol. The molecule has 2 rings (SSSR count). The molecule has 4 heteroatoms. The molecule has 0 aromatic heterocycles. The van der Waals surface area contributed by atoms with Gasteiger partial charge < -0.3 is 10.6 Å². The molecule has 0 spiro atoms. The first kappa shape index (κ1) is 16.3. The van der Waals surface area contributed by atoms with E-state index in [0.717, 1.165) is 23.6 Å². The van der Waals surface area contributed by atoms with E-state index in [1.165, 1.54) is 12.8 Å². The molecular weight excluding hydrogens is 284 g/mol. The fourth-order valence-corrected chi connectivity index (χ4v) is 3.19. The van der Waals surface area contributed by atoms with Crippen LogP contribution in [0.2, 0.25) is 5.02 Å². The summed E-state index contributed by atoms with van der Waals surface area (Å²) in [7, 11) is 0. The van der Waals surface area contributed by atoms with Crippen LogP contribution in [0.1, 0.15) is 38.7 Å². The highest BCUT2D eigenvalue weighted by Crippen LogP contribution is 2.29. The van der Waals surface area contributed by atoms with Crippen LogP contribution in [-0.4, -0.2) is 18.5 Å². The van der Waals surface area contributed by atoms with E-state index in [-0.39, 0.29) is 5.91 Å². The molecule has 3 atom stereocenters. The minimum Gasteiger partial charge on any atom is -0.325 e. The standard InChI is InChI=1S/C17H25ClN2O/c1-11-5-4-6-15(13(11)3)19-10-17(21)20-16-9-14(18)8-7-12(16)2/h7-9,11,13,15,19H,4-6,10H2,1-3H3,(H,20,21). The Labute approximate surface area is 132 Å². The smallest absolute Gasteiger partial charge is 0.238 e. The molecule has 0 bridgehead atoms. The Hall–Kier alpha value is -1.06. The molecule has 21 heavy (non-hydrogen) atoms. The molecule has 1 amide bonds. The van der Waals surface area contributed by atoms with Gasteiger partial charge in [0.2, 0.25) is 5.91 Å². The molecule has 1 aromatic carbocycles. The molecule has 1 fully saturated rings. The maximum atomic E-state index is 12.1. The first-order chi connectivity index (χ1) is 9.97. The lowest BCUT2D eigenvalue weighted by atomic mass is 9.78. The van der Waals surface area contributed by atoms with Crippen LogP contribution in [0.3, 0.4) is 0 Å². The molecule has 1 aromatic rings. The van der Waals surface area contributed by atoms with Crippen molar-refractivity contribution < 1.29 is 4.79 Å². The predicted molar refractivity (Wildman–Crippen MR) is 88.8 cm³/mol. The van der Waals surface area contributed by atoms with Crippen molar-refractivity contribution in [1.29, 1.82) is 0 Å². The van der Waals surface area contributed by atoms with Gasteiger partial charge in [-0.1, -0.05) is 44.4 Å². The van der Waals surface area contributed by atoms with Crippen LogP contribution >= 0.6 is 11.6 Å². The number of carbonyl (C=O) groups excluding carboxylic acids is 1. The quantitative estimate of drug-likeness (QED) is 0.882. The number of anilines is 1. The highest BCUT2D eigenvalue weighted by atomic mass is 35.5. The van der Waals surface area contributed by atoms with E-state index < -0.39 is 0 Å². The van der Waals surface area contributed by atoms with Gasteiger partial charge in [-0.15, -0.1) is 0 Å². The predicted octanol–water partition coefficient (Wildman–Crippen LogP) is 4.00. The fourth-order valence-electron chi connectivity index (χ4n) is 3.02. The van der Waals surface area contributed by atoms with E-state index in [2.05, 4.69) is 24.5 Å². The van der Waals surface area contributed by atoms with Crippen LogP contribution in [0.4, 0.5) is 5.69 Å². The third kappa shape index (κ3) is 4.45. The van der Waals surface area contributed by atoms with Crippen molar-refractivity contribution in [1.82, 2.24) is 5.32 Å². The summed E-state index contributed by atoms with van der Waals surface area (Å²) in [5.74, 6) is 1.35. The van der Waals surface area contributed by atoms with Crippen molar-refractivity contribution in [2.45, 2.75) is 46.1 Å². The van der Waals surface area contributed by atoms with Gasteiger partial charge in [-0.3, -0.25) is 4.79 Å². The average molecular weight is 309 g/mol. The second kappa shape index (κ2) is 7.28. The van der Waals surface area contributed by atoms with Gasteiger partial charge in [-0.05, 0) is 42.9 Å². The van der Waals surface area contributed by atoms with Crippen molar-refractivity contribution >= 4 is 23.2 Å². The topological polar surface area (TPSA) is 41.1 Å². The number of benzene rings is 1. The number of hydrogen-bond acceptors (Lipinski definition) is 2. The number of nitrogens with one attached hydrogen (secondary N) is 2. The minimum absolute atomic E-state index is 0.00852. The fraction of sp³-hybridized carbons (Fsp3) is 0.588. The number of carbonyl (C=O) groups is 1. The van der Waals surface area contributed by atoms with Crippen LogP contribution < -0.4 is 10.6 Å². The van der Waals surface area contributed by atoms with Gasteiger partial charge in [-0.2, -0.15) is 0 Å². The molecule has 116 valence electrons. The van der Waals surface area contributed by atoms with Gasteiger partial charge in [0.1, 0.15) is 0 Å². The summed E-state index contributed by atoms with van der Waals surface area (Å²) in [4.78, 5) is 12.1. The minimum atomic E-state index is -0.00852. The highest BCUT2D eigenvalue weighted by molar-refractivity contribution is 6.31. The van der Waals surface area contributed by atoms with Crippen molar-refractivity contribution in [2.24, 2.45) is 11.8 Å². The molecule has 1 aliphatic rings. The van der Waals surface area contributed by atoms with Gasteiger partial charge in [0.05, 0.1) is 6.54 Å². The lowest BCUT2D eigenvalue weighted by Crippen LogP contribution is -2.43. The van der Waals surface area contributed by atoms with E-state index in [9.17, 15) is 4.79 Å². The van der Waals surface area contributed by atoms with Crippen molar-refractivity contribution in [3.05, 3.63) is 28.8 Å². The zero-order valence-electron chi connectivity index (χ0n) is 13.1. The van der Waals surface area contributed by atoms with Crippen LogP contribution in [0.15, 0.2) is 18.2 Å². The zero-order valence-corrected chi connectivity index (χ0v) is 13.8. The Morgan fingerprint density at radius 2 is 2.10 bits per heavy atom. The van der Waals surface area contributed by atoms with E-state index in [0.29, 0.717) is 23.5 Å². The molecule has 3 nitrogen and oxygen atoms in total. The molecule has 1 saturated carbocycles. The second-order valence-electron chi connectivity index (χ2n) is 6.26. The molecule has 3 unspecified atom stereocenters. The Morgan fingerprint density at radius 3 is 2.86 bits per heavy atom. The van der Waals surface area contributed by atoms with Crippen LogP contribution in [0, 0.1) is 18.8 Å². The summed E-state index contributed by atoms with van der Waals surface area (Å²) < 4.78 is 0. The van der Waals surface area contributed by atoms with Gasteiger partial charge in [-0.25, -0.2) is 0 Å². The first-order valence-electron chi connectivity index (χ1n) is 7.76. The highest BCUT2D eigenvalue weighted by Gasteiger charge is 2.26. The van der Waals surface area contributed by atoms with Crippen LogP contribution in [0.25, 0.3) is 0 Å². The second-order valence-corrected chi connectivity index (χ2v) is 6.70. The van der Waals surface area contributed by atoms with E-state index >= 15 is 0 Å². The molecular formula is C17H25ClN2O. The van der Waals surface area contributed by atoms with Gasteiger partial charge in [0, 0.05) is 16.8 Å². The summed E-state index contributed by atoms with van der Waals surface area (Å²) in [6.45, 7) is 6.90. The lowest BCUT2D eigenvalue weighted by Gasteiger charge is -2.34. The number of aryl methyl sites for hydroxylation is 1. The summed E-state index contributed by atoms with van der Waals surface area (Å²) in [6, 6.07) is 5.98. The van der Waals surface area contributed by atoms with E-state index in [4.69, 9.17) is 11.6 Å². The van der Waals surface area contributed by atoms with Crippen molar-refractivity contribution in [2.75, 3.05) is 11.9 Å². The van der Waals surface area contributed by atoms with Crippen molar-refractivity contribution in [3.63, 3.8) is 0 Å². The normalized spacial score (nSPS) is 25.6. The molecule has 0 aliphatic heterocycles. The number of amides is 1. The molecule has 0 heterocycles. The third-order valence-corrected chi connectivity index (χ3v) is 4.94. The number of halogens is 1. The molecule has 0 saturated heterocycles. The van der Waals surface area contributed by atoms with Gasteiger partial charge in [0.25, 0.3) is 0 Å². The van der Waals surface area contributed by atoms with Crippen LogP contribution in [0.5, 0.6) is 0 Å². The summed E-state index contributed by atoms with van der Waals surface area (Å²) in [5.41, 5.74) is 1.81. The first-order valence-corrected chi connectivity index (χ1v) is 8.14. The molecule has 2 N–H and O–H groups in total. The van der Waals surface area contributed by atoms with Crippen molar-refractivity contribution in [3.8, 4) is 0 Å². The Kier molecular flexibility index (Phi) is 5.65. The largest absolute Gasteiger partial charge is 0.325 e. The van der Waals surface area contributed by atoms with E-state index in [1.807, 2.05) is 19.1 Å². The zero-order chi connectivity index (χ0) is 15.4. The maximum Gasteiger partial charge on any atom is 0.238 e. The van der Waals surface area contributed by atoms with E-state index in [1.54, 1.807) is 6.07 Å². The number of hydrogen-bond donors (Lipinski definition) is 2. The van der Waals surface area contributed by atoms with Gasteiger partial charge >= 0.3 is 0 Å². The van der Waals surface area contributed by atoms with Crippen LogP contribution in [-0.2, 0) is 4.79 Å². The Morgan fingerprint density at radius 1 is 1.33 bits per heavy atom. The summed E-state index contributed by atoms with van der Waals surface area (Å²) >= 11 is 5.97. The number of rotatable bonds is 4. The van der Waals surface area contributed by atoms with Gasteiger partial charge in [0.15, 0.2) is 0 Å². The average Bonchev–Trinajstić information content (AvgIpc) is 2.44. The molecule has 0 radical (unpaired) electrons.